The smallest absolute Gasteiger partial charge is 0.451 e. The van der Waals surface area contributed by atoms with E-state index in [2.05, 4.69) is 15.3 Å². The maximum absolute atomic E-state index is 13.8. The van der Waals surface area contributed by atoms with Gasteiger partial charge in [0.2, 0.25) is 5.82 Å². The average Bonchev–Trinajstić information content (AvgIpc) is 2.89. The molecule has 2 heterocycles. The summed E-state index contributed by atoms with van der Waals surface area (Å²) >= 11 is 5.64. The van der Waals surface area contributed by atoms with E-state index < -0.39 is 17.8 Å². The van der Waals surface area contributed by atoms with Crippen LogP contribution in [0.25, 0.3) is 10.9 Å². The Labute approximate surface area is 156 Å². The van der Waals surface area contributed by atoms with Crippen molar-refractivity contribution in [1.29, 1.82) is 0 Å². The molecule has 144 valence electrons. The Morgan fingerprint density at radius 3 is 2.59 bits per heavy atom. The third-order valence-corrected chi connectivity index (χ3v) is 4.16. The van der Waals surface area contributed by atoms with Crippen molar-refractivity contribution in [2.24, 2.45) is 0 Å². The SMILES string of the molecule is COc1cc(F)cc2c1cc(C)n2CCNc1cc(Cl)nc(C(F)(F)F)n1. The van der Waals surface area contributed by atoms with E-state index in [0.717, 1.165) is 11.1 Å². The Balaban J connectivity index is 1.81. The normalized spacial score (nSPS) is 11.8. The number of methoxy groups -OCH3 is 1. The summed E-state index contributed by atoms with van der Waals surface area (Å²) in [7, 11) is 1.46. The van der Waals surface area contributed by atoms with Crippen LogP contribution in [0, 0.1) is 12.7 Å². The number of anilines is 1. The van der Waals surface area contributed by atoms with Crippen molar-refractivity contribution >= 4 is 28.3 Å². The summed E-state index contributed by atoms with van der Waals surface area (Å²) in [6.45, 7) is 2.46. The first-order valence-corrected chi connectivity index (χ1v) is 8.26. The van der Waals surface area contributed by atoms with Crippen molar-refractivity contribution in [2.75, 3.05) is 19.0 Å². The van der Waals surface area contributed by atoms with Gasteiger partial charge in [-0.05, 0) is 19.1 Å². The van der Waals surface area contributed by atoms with Crippen molar-refractivity contribution in [3.8, 4) is 5.75 Å². The van der Waals surface area contributed by atoms with Gasteiger partial charge in [0.15, 0.2) is 0 Å². The van der Waals surface area contributed by atoms with Crippen LogP contribution in [-0.4, -0.2) is 28.2 Å². The number of halogens is 5. The van der Waals surface area contributed by atoms with Crippen LogP contribution in [0.4, 0.5) is 23.4 Å². The van der Waals surface area contributed by atoms with E-state index in [-0.39, 0.29) is 17.5 Å². The van der Waals surface area contributed by atoms with Gasteiger partial charge in [-0.25, -0.2) is 14.4 Å². The highest BCUT2D eigenvalue weighted by atomic mass is 35.5. The lowest BCUT2D eigenvalue weighted by Gasteiger charge is -2.12. The second-order valence-corrected chi connectivity index (χ2v) is 6.19. The molecule has 0 unspecified atom stereocenters. The lowest BCUT2D eigenvalue weighted by Crippen LogP contribution is -2.16. The van der Waals surface area contributed by atoms with Crippen molar-refractivity contribution in [3.63, 3.8) is 0 Å². The molecular formula is C17H15ClF4N4O. The molecule has 0 amide bonds. The zero-order chi connectivity index (χ0) is 19.8. The summed E-state index contributed by atoms with van der Waals surface area (Å²) in [5.41, 5.74) is 1.48. The predicted octanol–water partition coefficient (Wildman–Crippen LogP) is 4.67. The number of alkyl halides is 3. The Hall–Kier alpha value is -2.55. The Morgan fingerprint density at radius 2 is 1.93 bits per heavy atom. The Kier molecular flexibility index (Phi) is 5.14. The van der Waals surface area contributed by atoms with Gasteiger partial charge in [0, 0.05) is 36.3 Å². The molecule has 0 aliphatic heterocycles. The Morgan fingerprint density at radius 1 is 1.19 bits per heavy atom. The number of rotatable bonds is 5. The zero-order valence-electron chi connectivity index (χ0n) is 14.4. The molecule has 1 aromatic carbocycles. The second kappa shape index (κ2) is 7.22. The van der Waals surface area contributed by atoms with E-state index in [4.69, 9.17) is 16.3 Å². The minimum atomic E-state index is -4.69. The number of nitrogens with one attached hydrogen (secondary N) is 1. The van der Waals surface area contributed by atoms with Crippen LogP contribution in [-0.2, 0) is 12.7 Å². The quantitative estimate of drug-likeness (QED) is 0.497. The van der Waals surface area contributed by atoms with Crippen molar-refractivity contribution in [2.45, 2.75) is 19.6 Å². The summed E-state index contributed by atoms with van der Waals surface area (Å²) in [5, 5.41) is 3.23. The second-order valence-electron chi connectivity index (χ2n) is 5.80. The van der Waals surface area contributed by atoms with Gasteiger partial charge >= 0.3 is 6.18 Å². The summed E-state index contributed by atoms with van der Waals surface area (Å²) < 4.78 is 59.2. The van der Waals surface area contributed by atoms with Gasteiger partial charge < -0.3 is 14.6 Å². The molecule has 0 aliphatic carbocycles. The number of hydrogen-bond donors (Lipinski definition) is 1. The fourth-order valence-corrected chi connectivity index (χ4v) is 3.00. The van der Waals surface area contributed by atoms with Crippen LogP contribution in [0.15, 0.2) is 24.3 Å². The molecule has 27 heavy (non-hydrogen) atoms. The van der Waals surface area contributed by atoms with Crippen LogP contribution in [0.1, 0.15) is 11.5 Å². The zero-order valence-corrected chi connectivity index (χ0v) is 15.1. The molecule has 0 spiro atoms. The van der Waals surface area contributed by atoms with Gasteiger partial charge in [-0.15, -0.1) is 0 Å². The molecule has 0 saturated carbocycles. The lowest BCUT2D eigenvalue weighted by molar-refractivity contribution is -0.144. The fourth-order valence-electron chi connectivity index (χ4n) is 2.82. The molecule has 10 heteroatoms. The molecule has 0 bridgehead atoms. The highest BCUT2D eigenvalue weighted by Gasteiger charge is 2.35. The number of fused-ring (bicyclic) bond motifs is 1. The molecule has 5 nitrogen and oxygen atoms in total. The molecule has 0 fully saturated rings. The number of aryl methyl sites for hydroxylation is 1. The average molecular weight is 403 g/mol. The van der Waals surface area contributed by atoms with Gasteiger partial charge in [0.25, 0.3) is 0 Å². The highest BCUT2D eigenvalue weighted by molar-refractivity contribution is 6.29. The molecule has 3 rings (SSSR count). The molecule has 0 saturated heterocycles. The van der Waals surface area contributed by atoms with Gasteiger partial charge in [-0.3, -0.25) is 0 Å². The third kappa shape index (κ3) is 4.08. The number of hydrogen-bond acceptors (Lipinski definition) is 4. The molecule has 3 aromatic rings. The molecular weight excluding hydrogens is 388 g/mol. The van der Waals surface area contributed by atoms with Gasteiger partial charge in [0.05, 0.1) is 12.6 Å². The van der Waals surface area contributed by atoms with Crippen molar-refractivity contribution in [3.05, 3.63) is 46.8 Å². The van der Waals surface area contributed by atoms with Crippen LogP contribution < -0.4 is 10.1 Å². The largest absolute Gasteiger partial charge is 0.496 e. The lowest BCUT2D eigenvalue weighted by atomic mass is 10.2. The van der Waals surface area contributed by atoms with Crippen LogP contribution in [0.2, 0.25) is 5.15 Å². The van der Waals surface area contributed by atoms with E-state index in [9.17, 15) is 17.6 Å². The van der Waals surface area contributed by atoms with E-state index in [1.807, 2.05) is 17.6 Å². The number of nitrogens with zero attached hydrogens (tertiary/aromatic N) is 3. The monoisotopic (exact) mass is 402 g/mol. The highest BCUT2D eigenvalue weighted by Crippen LogP contribution is 2.30. The van der Waals surface area contributed by atoms with Gasteiger partial charge in [-0.1, -0.05) is 11.6 Å². The maximum atomic E-state index is 13.8. The molecule has 0 aliphatic rings. The van der Waals surface area contributed by atoms with Crippen LogP contribution >= 0.6 is 11.6 Å². The van der Waals surface area contributed by atoms with E-state index in [1.54, 1.807) is 0 Å². The molecule has 2 aromatic heterocycles. The van der Waals surface area contributed by atoms with Gasteiger partial charge in [0.1, 0.15) is 22.5 Å². The predicted molar refractivity (Wildman–Crippen MR) is 93.7 cm³/mol. The minimum absolute atomic E-state index is 0.0415. The van der Waals surface area contributed by atoms with E-state index >= 15 is 0 Å². The van der Waals surface area contributed by atoms with Crippen LogP contribution in [0.5, 0.6) is 5.75 Å². The number of benzene rings is 1. The fraction of sp³-hybridized carbons (Fsp3) is 0.294. The summed E-state index contributed by atoms with van der Waals surface area (Å²) in [5.74, 6) is -1.38. The maximum Gasteiger partial charge on any atom is 0.451 e. The molecule has 1 N–H and O–H groups in total. The summed E-state index contributed by atoms with van der Waals surface area (Å²) in [4.78, 5) is 6.60. The summed E-state index contributed by atoms with van der Waals surface area (Å²) in [6.07, 6.45) is -4.69. The minimum Gasteiger partial charge on any atom is -0.496 e. The summed E-state index contributed by atoms with van der Waals surface area (Å²) in [6, 6.07) is 5.75. The van der Waals surface area contributed by atoms with Crippen molar-refractivity contribution in [1.82, 2.24) is 14.5 Å². The molecule has 0 atom stereocenters. The number of aromatic nitrogens is 3. The molecule has 0 radical (unpaired) electrons. The first-order valence-electron chi connectivity index (χ1n) is 7.88. The first kappa shape index (κ1) is 19.2. The number of ether oxygens (including phenoxy) is 1. The standard InChI is InChI=1S/C17H15ClF4N4O/c1-9-5-11-12(6-10(19)7-13(11)27-2)26(9)4-3-23-15-8-14(18)24-16(25-15)17(20,21)22/h5-8H,3-4H2,1-2H3,(H,23,24,25). The van der Waals surface area contributed by atoms with Gasteiger partial charge in [-0.2, -0.15) is 13.2 Å². The van der Waals surface area contributed by atoms with Crippen LogP contribution in [0.3, 0.4) is 0 Å². The van der Waals surface area contributed by atoms with E-state index in [1.165, 1.54) is 25.3 Å². The van der Waals surface area contributed by atoms with Crippen molar-refractivity contribution < 1.29 is 22.3 Å². The van der Waals surface area contributed by atoms with E-state index in [0.29, 0.717) is 17.8 Å². The third-order valence-electron chi connectivity index (χ3n) is 3.96. The first-order chi connectivity index (χ1) is 12.7. The topological polar surface area (TPSA) is 52.0 Å². The Bertz CT molecular complexity index is 987.